The number of ether oxygens (including phenoxy) is 1. The Kier molecular flexibility index (Phi) is 4.43. The van der Waals surface area contributed by atoms with Crippen LogP contribution in [-0.4, -0.2) is 24.3 Å². The van der Waals surface area contributed by atoms with E-state index in [0.29, 0.717) is 0 Å². The number of aromatic hydroxyl groups is 1. The van der Waals surface area contributed by atoms with E-state index in [2.05, 4.69) is 10.5 Å². The highest BCUT2D eigenvalue weighted by Gasteiger charge is 2.09. The van der Waals surface area contributed by atoms with Crippen molar-refractivity contribution < 1.29 is 14.6 Å². The predicted molar refractivity (Wildman–Crippen MR) is 93.7 cm³/mol. The molecule has 0 aromatic heterocycles. The third-order valence-electron chi connectivity index (χ3n) is 3.66. The maximum absolute atomic E-state index is 12.0. The molecule has 0 fully saturated rings. The third-order valence-corrected chi connectivity index (χ3v) is 3.66. The average Bonchev–Trinajstić information content (AvgIpc) is 2.62. The Bertz CT molecular complexity index is 919. The second-order valence-electron chi connectivity index (χ2n) is 5.12. The number of nitrogens with one attached hydrogen (secondary N) is 1. The molecule has 3 aromatic rings. The first-order chi connectivity index (χ1) is 11.7. The first-order valence-corrected chi connectivity index (χ1v) is 7.38. The van der Waals surface area contributed by atoms with Crippen molar-refractivity contribution in [1.29, 1.82) is 0 Å². The summed E-state index contributed by atoms with van der Waals surface area (Å²) in [5.41, 5.74) is 3.45. The Hall–Kier alpha value is -3.34. The molecule has 3 rings (SSSR count). The quantitative estimate of drug-likeness (QED) is 0.572. The van der Waals surface area contributed by atoms with E-state index in [-0.39, 0.29) is 11.3 Å². The summed E-state index contributed by atoms with van der Waals surface area (Å²) in [5, 5.41) is 15.6. The Morgan fingerprint density at radius 3 is 2.50 bits per heavy atom. The molecule has 1 amide bonds. The lowest BCUT2D eigenvalue weighted by Gasteiger charge is -2.07. The number of carbonyl (C=O) groups excluding carboxylic acids is 1. The van der Waals surface area contributed by atoms with Gasteiger partial charge in [-0.3, -0.25) is 4.79 Å². The summed E-state index contributed by atoms with van der Waals surface area (Å²) in [7, 11) is 1.63. The van der Waals surface area contributed by atoms with Gasteiger partial charge in [-0.05, 0) is 29.7 Å². The smallest absolute Gasteiger partial charge is 0.275 e. The van der Waals surface area contributed by atoms with E-state index >= 15 is 0 Å². The van der Waals surface area contributed by atoms with E-state index in [1.165, 1.54) is 12.1 Å². The predicted octanol–water partition coefficient (Wildman–Crippen LogP) is 3.32. The number of para-hydroxylation sites is 1. The standard InChI is InChI=1S/C19H16N2O3/c1-24-18-11-10-13(14-6-2-3-7-15(14)18)12-20-21-19(23)16-8-4-5-9-17(16)22/h2-12,22H,1H3,(H,21,23)/b20-12+. The fourth-order valence-electron chi connectivity index (χ4n) is 2.47. The lowest BCUT2D eigenvalue weighted by atomic mass is 10.0. The van der Waals surface area contributed by atoms with Crippen molar-refractivity contribution in [3.05, 3.63) is 71.8 Å². The molecule has 0 bridgehead atoms. The van der Waals surface area contributed by atoms with E-state index in [9.17, 15) is 9.90 Å². The van der Waals surface area contributed by atoms with Crippen LogP contribution in [-0.2, 0) is 0 Å². The van der Waals surface area contributed by atoms with Crippen LogP contribution < -0.4 is 10.2 Å². The summed E-state index contributed by atoms with van der Waals surface area (Å²) in [4.78, 5) is 12.0. The molecular weight excluding hydrogens is 304 g/mol. The van der Waals surface area contributed by atoms with Gasteiger partial charge in [-0.15, -0.1) is 0 Å². The summed E-state index contributed by atoms with van der Waals surface area (Å²) in [6.07, 6.45) is 1.57. The highest BCUT2D eigenvalue weighted by Crippen LogP contribution is 2.27. The normalized spacial score (nSPS) is 10.9. The van der Waals surface area contributed by atoms with Crippen molar-refractivity contribution in [1.82, 2.24) is 5.43 Å². The maximum Gasteiger partial charge on any atom is 0.275 e. The van der Waals surface area contributed by atoms with Gasteiger partial charge in [-0.1, -0.05) is 36.4 Å². The number of hydrazone groups is 1. The van der Waals surface area contributed by atoms with Crippen LogP contribution in [0.25, 0.3) is 10.8 Å². The zero-order chi connectivity index (χ0) is 16.9. The third kappa shape index (κ3) is 3.05. The van der Waals surface area contributed by atoms with Crippen LogP contribution in [0.4, 0.5) is 0 Å². The van der Waals surface area contributed by atoms with Gasteiger partial charge in [0.2, 0.25) is 0 Å². The zero-order valence-electron chi connectivity index (χ0n) is 13.1. The number of fused-ring (bicyclic) bond motifs is 1. The van der Waals surface area contributed by atoms with Crippen LogP contribution in [0.2, 0.25) is 0 Å². The molecule has 0 radical (unpaired) electrons. The number of rotatable bonds is 4. The number of methoxy groups -OCH3 is 1. The minimum Gasteiger partial charge on any atom is -0.507 e. The van der Waals surface area contributed by atoms with E-state index in [1.807, 2.05) is 36.4 Å². The summed E-state index contributed by atoms with van der Waals surface area (Å²) in [5.74, 6) is 0.225. The number of nitrogens with zero attached hydrogens (tertiary/aromatic N) is 1. The molecule has 0 atom stereocenters. The summed E-state index contributed by atoms with van der Waals surface area (Å²) in [6, 6.07) is 17.8. The highest BCUT2D eigenvalue weighted by atomic mass is 16.5. The van der Waals surface area contributed by atoms with Gasteiger partial charge in [0.05, 0.1) is 18.9 Å². The van der Waals surface area contributed by atoms with Gasteiger partial charge in [0.25, 0.3) is 5.91 Å². The Morgan fingerprint density at radius 1 is 1.04 bits per heavy atom. The average molecular weight is 320 g/mol. The summed E-state index contributed by atoms with van der Waals surface area (Å²) >= 11 is 0. The second kappa shape index (κ2) is 6.83. The summed E-state index contributed by atoms with van der Waals surface area (Å²) < 4.78 is 5.35. The monoisotopic (exact) mass is 320 g/mol. The molecule has 5 heteroatoms. The number of phenols is 1. The lowest BCUT2D eigenvalue weighted by Crippen LogP contribution is -2.17. The van der Waals surface area contributed by atoms with Crippen LogP contribution in [0.5, 0.6) is 11.5 Å². The molecule has 0 unspecified atom stereocenters. The topological polar surface area (TPSA) is 70.9 Å². The molecule has 0 aliphatic carbocycles. The fourth-order valence-corrected chi connectivity index (χ4v) is 2.47. The number of hydrogen-bond acceptors (Lipinski definition) is 4. The molecular formula is C19H16N2O3. The zero-order valence-corrected chi connectivity index (χ0v) is 13.1. The minimum atomic E-state index is -0.470. The van der Waals surface area contributed by atoms with Crippen molar-refractivity contribution >= 4 is 22.9 Å². The molecule has 0 aliphatic rings. The SMILES string of the molecule is COc1ccc(/C=N/NC(=O)c2ccccc2O)c2ccccc12. The molecule has 0 saturated heterocycles. The lowest BCUT2D eigenvalue weighted by molar-refractivity contribution is 0.0952. The van der Waals surface area contributed by atoms with Crippen LogP contribution in [0.3, 0.4) is 0 Å². The van der Waals surface area contributed by atoms with E-state index in [0.717, 1.165) is 22.1 Å². The number of carbonyl (C=O) groups is 1. The van der Waals surface area contributed by atoms with E-state index < -0.39 is 5.91 Å². The van der Waals surface area contributed by atoms with Gasteiger partial charge in [0.15, 0.2) is 0 Å². The first-order valence-electron chi connectivity index (χ1n) is 7.38. The molecule has 120 valence electrons. The number of hydrogen-bond donors (Lipinski definition) is 2. The Labute approximate surface area is 139 Å². The Balaban J connectivity index is 1.84. The van der Waals surface area contributed by atoms with Crippen molar-refractivity contribution in [2.75, 3.05) is 7.11 Å². The molecule has 0 saturated carbocycles. The maximum atomic E-state index is 12.0. The molecule has 3 aromatic carbocycles. The van der Waals surface area contributed by atoms with Gasteiger partial charge >= 0.3 is 0 Å². The molecule has 0 spiro atoms. The van der Waals surface area contributed by atoms with Gasteiger partial charge in [0, 0.05) is 10.9 Å². The Morgan fingerprint density at radius 2 is 1.75 bits per heavy atom. The van der Waals surface area contributed by atoms with Crippen LogP contribution in [0.15, 0.2) is 65.8 Å². The van der Waals surface area contributed by atoms with Gasteiger partial charge in [-0.2, -0.15) is 5.10 Å². The first kappa shape index (κ1) is 15.6. The molecule has 5 nitrogen and oxygen atoms in total. The molecule has 0 aliphatic heterocycles. The van der Waals surface area contributed by atoms with Gasteiger partial charge < -0.3 is 9.84 Å². The van der Waals surface area contributed by atoms with Crippen LogP contribution in [0.1, 0.15) is 15.9 Å². The molecule has 24 heavy (non-hydrogen) atoms. The minimum absolute atomic E-state index is 0.0832. The highest BCUT2D eigenvalue weighted by molar-refractivity contribution is 6.03. The van der Waals surface area contributed by atoms with E-state index in [4.69, 9.17) is 4.74 Å². The van der Waals surface area contributed by atoms with Crippen LogP contribution in [0, 0.1) is 0 Å². The number of phenolic OH excluding ortho intramolecular Hbond substituents is 1. The van der Waals surface area contributed by atoms with Gasteiger partial charge in [-0.25, -0.2) is 5.43 Å². The second-order valence-corrected chi connectivity index (χ2v) is 5.12. The van der Waals surface area contributed by atoms with Crippen molar-refractivity contribution in [2.24, 2.45) is 5.10 Å². The van der Waals surface area contributed by atoms with Crippen molar-refractivity contribution in [3.8, 4) is 11.5 Å². The van der Waals surface area contributed by atoms with E-state index in [1.54, 1.807) is 25.5 Å². The van der Waals surface area contributed by atoms with Crippen molar-refractivity contribution in [2.45, 2.75) is 0 Å². The fraction of sp³-hybridized carbons (Fsp3) is 0.0526. The van der Waals surface area contributed by atoms with Crippen molar-refractivity contribution in [3.63, 3.8) is 0 Å². The molecule has 0 heterocycles. The number of benzene rings is 3. The molecule has 2 N–H and O–H groups in total. The van der Waals surface area contributed by atoms with Crippen LogP contribution >= 0.6 is 0 Å². The van der Waals surface area contributed by atoms with Gasteiger partial charge in [0.1, 0.15) is 11.5 Å². The largest absolute Gasteiger partial charge is 0.507 e. The summed E-state index contributed by atoms with van der Waals surface area (Å²) in [6.45, 7) is 0. The number of amides is 1.